The second-order valence-corrected chi connectivity index (χ2v) is 7.15. The van der Waals surface area contributed by atoms with Crippen LogP contribution in [0.3, 0.4) is 0 Å². The predicted molar refractivity (Wildman–Crippen MR) is 119 cm³/mol. The van der Waals surface area contributed by atoms with Crippen LogP contribution in [0.4, 0.5) is 0 Å². The van der Waals surface area contributed by atoms with Gasteiger partial charge in [-0.2, -0.15) is 5.10 Å². The van der Waals surface area contributed by atoms with Crippen LogP contribution >= 0.6 is 23.2 Å². The molecule has 1 heterocycles. The molecule has 0 fully saturated rings. The molecule has 0 saturated carbocycles. The summed E-state index contributed by atoms with van der Waals surface area (Å²) in [6.07, 6.45) is 1.48. The maximum atomic E-state index is 12.9. The molecule has 1 N–H and O–H groups in total. The summed E-state index contributed by atoms with van der Waals surface area (Å²) < 4.78 is 0. The van der Waals surface area contributed by atoms with Gasteiger partial charge in [-0.15, -0.1) is 0 Å². The highest BCUT2D eigenvalue weighted by Gasteiger charge is 2.13. The van der Waals surface area contributed by atoms with Crippen LogP contribution in [0.2, 0.25) is 10.0 Å². The van der Waals surface area contributed by atoms with E-state index in [1.54, 1.807) is 24.3 Å². The van der Waals surface area contributed by atoms with E-state index in [0.29, 0.717) is 21.2 Å². The van der Waals surface area contributed by atoms with Crippen LogP contribution < -0.4 is 5.43 Å². The molecule has 0 spiro atoms. The fourth-order valence-corrected chi connectivity index (χ4v) is 3.40. The Kier molecular flexibility index (Phi) is 5.56. The first-order chi connectivity index (χ1) is 14.1. The molecule has 0 aliphatic rings. The first kappa shape index (κ1) is 19.1. The fraction of sp³-hybridized carbons (Fsp3) is 0. The molecule has 29 heavy (non-hydrogen) atoms. The van der Waals surface area contributed by atoms with Crippen molar-refractivity contribution in [3.05, 3.63) is 100 Å². The molecule has 3 aromatic carbocycles. The molecule has 0 unspecified atom stereocenters. The van der Waals surface area contributed by atoms with Gasteiger partial charge in [-0.3, -0.25) is 4.79 Å². The Morgan fingerprint density at radius 2 is 1.69 bits per heavy atom. The zero-order chi connectivity index (χ0) is 20.2. The Hall–Kier alpha value is -3.21. The van der Waals surface area contributed by atoms with Crippen LogP contribution in [0, 0.1) is 0 Å². The molecule has 4 rings (SSSR count). The van der Waals surface area contributed by atoms with Crippen molar-refractivity contribution in [2.24, 2.45) is 5.10 Å². The summed E-state index contributed by atoms with van der Waals surface area (Å²) in [5, 5.41) is 5.79. The largest absolute Gasteiger partial charge is 0.272 e. The van der Waals surface area contributed by atoms with Crippen molar-refractivity contribution in [3.63, 3.8) is 0 Å². The third-order valence-corrected chi connectivity index (χ3v) is 4.93. The molecule has 1 amide bonds. The number of carbonyl (C=O) groups is 1. The van der Waals surface area contributed by atoms with Crippen molar-refractivity contribution < 1.29 is 4.79 Å². The number of rotatable bonds is 4. The summed E-state index contributed by atoms with van der Waals surface area (Å²) >= 11 is 12.0. The number of pyridine rings is 1. The highest BCUT2D eigenvalue weighted by Crippen LogP contribution is 2.25. The first-order valence-electron chi connectivity index (χ1n) is 8.85. The number of nitrogens with zero attached hydrogens (tertiary/aromatic N) is 2. The summed E-state index contributed by atoms with van der Waals surface area (Å²) in [6, 6.07) is 24.1. The zero-order valence-electron chi connectivity index (χ0n) is 15.1. The van der Waals surface area contributed by atoms with Gasteiger partial charge in [0.25, 0.3) is 5.91 Å². The molecule has 0 bridgehead atoms. The van der Waals surface area contributed by atoms with Gasteiger partial charge in [0.1, 0.15) is 0 Å². The maximum absolute atomic E-state index is 12.9. The van der Waals surface area contributed by atoms with E-state index in [-0.39, 0.29) is 5.91 Å². The Morgan fingerprint density at radius 1 is 0.931 bits per heavy atom. The Morgan fingerprint density at radius 3 is 2.48 bits per heavy atom. The smallest absolute Gasteiger partial charge is 0.267 e. The number of nitrogens with one attached hydrogen (secondary N) is 1. The average molecular weight is 420 g/mol. The van der Waals surface area contributed by atoms with Gasteiger partial charge >= 0.3 is 0 Å². The number of aromatic nitrogens is 1. The van der Waals surface area contributed by atoms with Gasteiger partial charge in [0, 0.05) is 21.5 Å². The third kappa shape index (κ3) is 4.29. The number of para-hydroxylation sites is 1. The van der Waals surface area contributed by atoms with E-state index in [9.17, 15) is 4.79 Å². The van der Waals surface area contributed by atoms with Crippen LogP contribution in [0.1, 0.15) is 15.9 Å². The van der Waals surface area contributed by atoms with E-state index in [2.05, 4.69) is 15.5 Å². The molecule has 0 aliphatic heterocycles. The number of hydrogen-bond acceptors (Lipinski definition) is 3. The molecular formula is C23H15Cl2N3O. The van der Waals surface area contributed by atoms with Gasteiger partial charge in [0.05, 0.1) is 28.0 Å². The predicted octanol–water partition coefficient (Wildman–Crippen LogP) is 5.97. The van der Waals surface area contributed by atoms with Gasteiger partial charge in [0.2, 0.25) is 0 Å². The van der Waals surface area contributed by atoms with E-state index >= 15 is 0 Å². The van der Waals surface area contributed by atoms with Crippen LogP contribution in [-0.4, -0.2) is 17.1 Å². The molecule has 6 heteroatoms. The molecule has 1 aromatic heterocycles. The monoisotopic (exact) mass is 419 g/mol. The van der Waals surface area contributed by atoms with E-state index in [1.807, 2.05) is 54.6 Å². The number of fused-ring (bicyclic) bond motifs is 1. The number of hydrogen-bond donors (Lipinski definition) is 1. The average Bonchev–Trinajstić information content (AvgIpc) is 2.75. The number of halogens is 2. The molecule has 4 aromatic rings. The molecule has 0 atom stereocenters. The number of hydrazone groups is 1. The van der Waals surface area contributed by atoms with Crippen molar-refractivity contribution >= 4 is 46.2 Å². The van der Waals surface area contributed by atoms with Crippen molar-refractivity contribution in [3.8, 4) is 11.3 Å². The number of carbonyl (C=O) groups excluding carboxylic acids is 1. The van der Waals surface area contributed by atoms with Crippen LogP contribution in [0.15, 0.2) is 84.0 Å². The van der Waals surface area contributed by atoms with Crippen LogP contribution in [0.25, 0.3) is 22.2 Å². The van der Waals surface area contributed by atoms with Crippen molar-refractivity contribution in [1.29, 1.82) is 0 Å². The maximum Gasteiger partial charge on any atom is 0.272 e. The van der Waals surface area contributed by atoms with Gasteiger partial charge in [0.15, 0.2) is 0 Å². The van der Waals surface area contributed by atoms with Gasteiger partial charge in [-0.1, -0.05) is 77.8 Å². The molecule has 0 radical (unpaired) electrons. The third-order valence-electron chi connectivity index (χ3n) is 4.36. The SMILES string of the molecule is O=C(N/N=C\c1ccc(Cl)cc1Cl)c1cc(-c2ccccc2)nc2ccccc12. The highest BCUT2D eigenvalue weighted by atomic mass is 35.5. The topological polar surface area (TPSA) is 54.4 Å². The molecule has 142 valence electrons. The van der Waals surface area contributed by atoms with Crippen molar-refractivity contribution in [1.82, 2.24) is 10.4 Å². The Labute approximate surface area is 177 Å². The number of amides is 1. The molecule has 0 aliphatic carbocycles. The fourth-order valence-electron chi connectivity index (χ4n) is 2.95. The minimum Gasteiger partial charge on any atom is -0.267 e. The lowest BCUT2D eigenvalue weighted by Crippen LogP contribution is -2.18. The van der Waals surface area contributed by atoms with Crippen molar-refractivity contribution in [2.45, 2.75) is 0 Å². The van der Waals surface area contributed by atoms with Crippen LogP contribution in [0.5, 0.6) is 0 Å². The molecule has 4 nitrogen and oxygen atoms in total. The van der Waals surface area contributed by atoms with Crippen LogP contribution in [-0.2, 0) is 0 Å². The van der Waals surface area contributed by atoms with E-state index < -0.39 is 0 Å². The lowest BCUT2D eigenvalue weighted by molar-refractivity contribution is 0.0956. The number of benzene rings is 3. The first-order valence-corrected chi connectivity index (χ1v) is 9.61. The summed E-state index contributed by atoms with van der Waals surface area (Å²) in [5.74, 6) is -0.331. The summed E-state index contributed by atoms with van der Waals surface area (Å²) in [6.45, 7) is 0. The van der Waals surface area contributed by atoms with Gasteiger partial charge in [-0.25, -0.2) is 10.4 Å². The van der Waals surface area contributed by atoms with E-state index in [1.165, 1.54) is 6.21 Å². The second kappa shape index (κ2) is 8.43. The van der Waals surface area contributed by atoms with E-state index in [4.69, 9.17) is 23.2 Å². The standard InChI is InChI=1S/C23H15Cl2N3O/c24-17-11-10-16(20(25)12-17)14-26-28-23(29)19-13-22(15-6-2-1-3-7-15)27-21-9-5-4-8-18(19)21/h1-14H,(H,28,29)/b26-14-. The van der Waals surface area contributed by atoms with Gasteiger partial charge < -0.3 is 0 Å². The quantitative estimate of drug-likeness (QED) is 0.327. The molecular weight excluding hydrogens is 405 g/mol. The van der Waals surface area contributed by atoms with Gasteiger partial charge in [-0.05, 0) is 24.3 Å². The summed E-state index contributed by atoms with van der Waals surface area (Å²) in [5.41, 5.74) is 6.11. The summed E-state index contributed by atoms with van der Waals surface area (Å²) in [4.78, 5) is 17.6. The Bertz CT molecular complexity index is 1220. The minimum absolute atomic E-state index is 0.331. The van der Waals surface area contributed by atoms with Crippen molar-refractivity contribution in [2.75, 3.05) is 0 Å². The zero-order valence-corrected chi connectivity index (χ0v) is 16.7. The minimum atomic E-state index is -0.331. The van der Waals surface area contributed by atoms with E-state index in [0.717, 1.165) is 22.2 Å². The second-order valence-electron chi connectivity index (χ2n) is 6.30. The highest BCUT2D eigenvalue weighted by molar-refractivity contribution is 6.36. The normalized spacial score (nSPS) is 11.1. The Balaban J connectivity index is 1.67. The lowest BCUT2D eigenvalue weighted by atomic mass is 10.0. The molecule has 0 saturated heterocycles. The lowest BCUT2D eigenvalue weighted by Gasteiger charge is -2.09. The summed E-state index contributed by atoms with van der Waals surface area (Å²) in [7, 11) is 0.